The molecule has 0 aromatic heterocycles. The summed E-state index contributed by atoms with van der Waals surface area (Å²) in [6, 6.07) is 9.48. The Balaban J connectivity index is 2.27. The minimum absolute atomic E-state index is 0.201. The third-order valence-corrected chi connectivity index (χ3v) is 4.59. The number of halogens is 2. The molecule has 6 heteroatoms. The van der Waals surface area contributed by atoms with Crippen molar-refractivity contribution in [2.75, 3.05) is 11.9 Å². The van der Waals surface area contributed by atoms with Gasteiger partial charge in [0.25, 0.3) is 0 Å². The zero-order valence-electron chi connectivity index (χ0n) is 14.8. The highest BCUT2D eigenvalue weighted by molar-refractivity contribution is 6.31. The molecule has 0 bridgehead atoms. The van der Waals surface area contributed by atoms with E-state index in [2.05, 4.69) is 5.32 Å². The predicted molar refractivity (Wildman–Crippen MR) is 103 cm³/mol. The van der Waals surface area contributed by atoms with Crippen molar-refractivity contribution in [3.05, 3.63) is 63.9 Å². The minimum Gasteiger partial charge on any atom is -0.478 e. The van der Waals surface area contributed by atoms with Crippen LogP contribution in [0, 0.1) is 11.2 Å². The monoisotopic (exact) mass is 376 g/mol. The maximum absolute atomic E-state index is 14.3. The Morgan fingerprint density at radius 2 is 2.08 bits per heavy atom. The van der Waals surface area contributed by atoms with Crippen LogP contribution in [0.1, 0.15) is 41.8 Å². The van der Waals surface area contributed by atoms with Gasteiger partial charge in [0.1, 0.15) is 5.82 Å². The summed E-state index contributed by atoms with van der Waals surface area (Å²) in [5, 5.41) is 20.0. The number of carbonyl (C=O) groups is 1. The number of rotatable bonds is 8. The molecule has 0 aliphatic carbocycles. The molecule has 0 amide bonds. The molecule has 0 heterocycles. The minimum atomic E-state index is -0.994. The average molecular weight is 377 g/mol. The van der Waals surface area contributed by atoms with Gasteiger partial charge in [0, 0.05) is 28.2 Å². The van der Waals surface area contributed by atoms with Crippen LogP contribution in [0.5, 0.6) is 0 Å². The van der Waals surface area contributed by atoms with Crippen LogP contribution >= 0.6 is 11.6 Å². The molecule has 2 rings (SSSR count). The van der Waals surface area contributed by atoms with Crippen molar-refractivity contribution in [1.82, 2.24) is 0 Å². The smallest absolute Gasteiger partial charge is 0.335 e. The fraction of sp³-hybridized carbons (Fsp3) is 0.300. The third kappa shape index (κ3) is 4.61. The number of nitrogens with one attached hydrogen (secondary N) is 2. The Bertz CT molecular complexity index is 801. The van der Waals surface area contributed by atoms with Gasteiger partial charge in [-0.05, 0) is 55.0 Å². The van der Waals surface area contributed by atoms with Gasteiger partial charge in [-0.3, -0.25) is 0 Å². The van der Waals surface area contributed by atoms with E-state index in [0.717, 1.165) is 11.3 Å². The molecule has 0 spiro atoms. The topological polar surface area (TPSA) is 73.2 Å². The van der Waals surface area contributed by atoms with Crippen molar-refractivity contribution in [2.45, 2.75) is 32.1 Å². The molecule has 0 unspecified atom stereocenters. The van der Waals surface area contributed by atoms with Crippen molar-refractivity contribution >= 4 is 29.5 Å². The number of carboxylic acids is 1. The van der Waals surface area contributed by atoms with E-state index in [0.29, 0.717) is 30.0 Å². The summed E-state index contributed by atoms with van der Waals surface area (Å²) in [5.41, 5.74) is 1.65. The standard InChI is InChI=1S/C20H22ClFN2O2/c1-20(2,18-15(21)6-3-7-16(18)22)12-24-17-9-8-14(19(25)26)11-13(17)5-4-10-23/h3,6-11,23-24H,4-5,12H2,1-2H3,(H,25,26). The summed E-state index contributed by atoms with van der Waals surface area (Å²) in [6.07, 6.45) is 2.36. The number of aryl methyl sites for hydroxylation is 1. The summed E-state index contributed by atoms with van der Waals surface area (Å²) in [4.78, 5) is 11.2. The molecule has 138 valence electrons. The van der Waals surface area contributed by atoms with E-state index in [-0.39, 0.29) is 11.4 Å². The molecule has 0 aliphatic rings. The second-order valence-electron chi connectivity index (χ2n) is 6.75. The first-order chi connectivity index (χ1) is 12.3. The summed E-state index contributed by atoms with van der Waals surface area (Å²) < 4.78 is 14.3. The van der Waals surface area contributed by atoms with Crippen LogP contribution in [0.15, 0.2) is 36.4 Å². The normalized spacial score (nSPS) is 11.2. The average Bonchev–Trinajstić information content (AvgIpc) is 2.58. The van der Waals surface area contributed by atoms with Crippen molar-refractivity contribution in [1.29, 1.82) is 5.41 Å². The molecule has 0 saturated carbocycles. The fourth-order valence-electron chi connectivity index (χ4n) is 2.88. The molecule has 4 nitrogen and oxygen atoms in total. The van der Waals surface area contributed by atoms with Gasteiger partial charge in [-0.1, -0.05) is 31.5 Å². The second kappa shape index (κ2) is 8.32. The Kier molecular flexibility index (Phi) is 6.37. The van der Waals surface area contributed by atoms with E-state index in [1.54, 1.807) is 24.3 Å². The molecule has 26 heavy (non-hydrogen) atoms. The first-order valence-corrected chi connectivity index (χ1v) is 8.67. The van der Waals surface area contributed by atoms with Gasteiger partial charge in [0.2, 0.25) is 0 Å². The van der Waals surface area contributed by atoms with Crippen LogP contribution in [-0.4, -0.2) is 23.8 Å². The van der Waals surface area contributed by atoms with Crippen LogP contribution in [0.2, 0.25) is 5.02 Å². The van der Waals surface area contributed by atoms with Crippen LogP contribution in [0.25, 0.3) is 0 Å². The van der Waals surface area contributed by atoms with E-state index >= 15 is 0 Å². The van der Waals surface area contributed by atoms with Crippen molar-refractivity contribution in [3.8, 4) is 0 Å². The van der Waals surface area contributed by atoms with E-state index in [4.69, 9.17) is 17.0 Å². The zero-order valence-corrected chi connectivity index (χ0v) is 15.5. The molecular formula is C20H22ClFN2O2. The SMILES string of the molecule is CC(C)(CNc1ccc(C(=O)O)cc1CCC=N)c1c(F)cccc1Cl. The lowest BCUT2D eigenvalue weighted by molar-refractivity contribution is 0.0697. The molecule has 3 N–H and O–H groups in total. The number of hydrogen-bond donors (Lipinski definition) is 3. The van der Waals surface area contributed by atoms with Gasteiger partial charge in [-0.2, -0.15) is 0 Å². The van der Waals surface area contributed by atoms with E-state index < -0.39 is 11.4 Å². The summed E-state index contributed by atoms with van der Waals surface area (Å²) in [5.74, 6) is -1.35. The predicted octanol–water partition coefficient (Wildman–Crippen LogP) is 5.15. The quantitative estimate of drug-likeness (QED) is 0.558. The lowest BCUT2D eigenvalue weighted by atomic mass is 9.84. The Hall–Kier alpha value is -2.40. The van der Waals surface area contributed by atoms with Gasteiger partial charge in [-0.25, -0.2) is 9.18 Å². The van der Waals surface area contributed by atoms with E-state index in [1.807, 2.05) is 13.8 Å². The molecule has 2 aromatic carbocycles. The van der Waals surface area contributed by atoms with Gasteiger partial charge in [-0.15, -0.1) is 0 Å². The fourth-order valence-corrected chi connectivity index (χ4v) is 3.30. The Morgan fingerprint density at radius 3 is 2.69 bits per heavy atom. The number of anilines is 1. The first-order valence-electron chi connectivity index (χ1n) is 8.30. The molecule has 0 radical (unpaired) electrons. The number of hydrogen-bond acceptors (Lipinski definition) is 3. The van der Waals surface area contributed by atoms with E-state index in [9.17, 15) is 14.3 Å². The van der Waals surface area contributed by atoms with Gasteiger partial charge in [0.05, 0.1) is 5.56 Å². The van der Waals surface area contributed by atoms with Crippen LogP contribution < -0.4 is 5.32 Å². The van der Waals surface area contributed by atoms with Gasteiger partial charge >= 0.3 is 5.97 Å². The lowest BCUT2D eigenvalue weighted by Gasteiger charge is -2.28. The Morgan fingerprint density at radius 1 is 1.35 bits per heavy atom. The highest BCUT2D eigenvalue weighted by Crippen LogP contribution is 2.33. The zero-order chi connectivity index (χ0) is 19.3. The molecule has 0 fully saturated rings. The van der Waals surface area contributed by atoms with Crippen LogP contribution in [-0.2, 0) is 11.8 Å². The summed E-state index contributed by atoms with van der Waals surface area (Å²) in [7, 11) is 0. The number of aromatic carboxylic acids is 1. The maximum atomic E-state index is 14.3. The molecule has 0 saturated heterocycles. The van der Waals surface area contributed by atoms with Gasteiger partial charge in [0.15, 0.2) is 0 Å². The van der Waals surface area contributed by atoms with Crippen molar-refractivity contribution in [3.63, 3.8) is 0 Å². The highest BCUT2D eigenvalue weighted by atomic mass is 35.5. The summed E-state index contributed by atoms with van der Waals surface area (Å²) in [6.45, 7) is 4.21. The van der Waals surface area contributed by atoms with E-state index in [1.165, 1.54) is 18.3 Å². The molecule has 0 aliphatic heterocycles. The first kappa shape index (κ1) is 19.9. The maximum Gasteiger partial charge on any atom is 0.335 e. The highest BCUT2D eigenvalue weighted by Gasteiger charge is 2.27. The number of benzene rings is 2. The van der Waals surface area contributed by atoms with Gasteiger partial charge < -0.3 is 15.8 Å². The summed E-state index contributed by atoms with van der Waals surface area (Å²) >= 11 is 6.19. The molecule has 2 aromatic rings. The van der Waals surface area contributed by atoms with Crippen LogP contribution in [0.3, 0.4) is 0 Å². The number of carboxylic acid groups (broad SMARTS) is 1. The molecule has 0 atom stereocenters. The third-order valence-electron chi connectivity index (χ3n) is 4.27. The Labute approximate surface area is 157 Å². The van der Waals surface area contributed by atoms with Crippen LogP contribution in [0.4, 0.5) is 10.1 Å². The van der Waals surface area contributed by atoms with Crippen molar-refractivity contribution < 1.29 is 14.3 Å². The van der Waals surface area contributed by atoms with Crippen molar-refractivity contribution in [2.24, 2.45) is 0 Å². The second-order valence-corrected chi connectivity index (χ2v) is 7.16. The molecular weight excluding hydrogens is 355 g/mol. The largest absolute Gasteiger partial charge is 0.478 e. The lowest BCUT2D eigenvalue weighted by Crippen LogP contribution is -2.29.